The number of carbonyl (C=O) groups is 1. The van der Waals surface area contributed by atoms with E-state index in [1.165, 1.54) is 11.3 Å². The van der Waals surface area contributed by atoms with Gasteiger partial charge in [0, 0.05) is 11.9 Å². The minimum Gasteiger partial charge on any atom is -0.493 e. The van der Waals surface area contributed by atoms with Gasteiger partial charge >= 0.3 is 0 Å². The molecule has 1 N–H and O–H groups in total. The lowest BCUT2D eigenvalue weighted by molar-refractivity contribution is -0.120. The van der Waals surface area contributed by atoms with Gasteiger partial charge in [-0.25, -0.2) is 4.98 Å². The molecule has 0 unspecified atom stereocenters. The number of hydrogen-bond donors (Lipinski definition) is 1. The standard InChI is InChI=1S/C22H22Cl2N2O2S/c1-2-28-20-8-4-3-7-17(20)22-26-16(14-29-22)13-21(27)25-11-5-6-15-9-10-18(23)19(24)12-15/h3-4,7-10,12,14H,2,5-6,11,13H2,1H3,(H,25,27). The van der Waals surface area contributed by atoms with E-state index in [4.69, 9.17) is 27.9 Å². The molecular formula is C22H22Cl2N2O2S. The first kappa shape index (κ1) is 21.6. The molecule has 0 fully saturated rings. The van der Waals surface area contributed by atoms with Gasteiger partial charge in [-0.1, -0.05) is 41.4 Å². The predicted molar refractivity (Wildman–Crippen MR) is 120 cm³/mol. The third-order valence-electron chi connectivity index (χ3n) is 4.26. The van der Waals surface area contributed by atoms with E-state index in [9.17, 15) is 4.79 Å². The molecule has 1 amide bonds. The Bertz CT molecular complexity index is 975. The molecule has 0 atom stereocenters. The SMILES string of the molecule is CCOc1ccccc1-c1nc(CC(=O)NCCCc2ccc(Cl)c(Cl)c2)cs1. The fraction of sp³-hybridized carbons (Fsp3) is 0.273. The number of ether oxygens (including phenoxy) is 1. The number of carbonyl (C=O) groups excluding carboxylic acids is 1. The van der Waals surface area contributed by atoms with Crippen molar-refractivity contribution in [2.45, 2.75) is 26.2 Å². The monoisotopic (exact) mass is 448 g/mol. The zero-order chi connectivity index (χ0) is 20.6. The first-order valence-electron chi connectivity index (χ1n) is 9.44. The van der Waals surface area contributed by atoms with E-state index in [0.717, 1.165) is 40.4 Å². The summed E-state index contributed by atoms with van der Waals surface area (Å²) < 4.78 is 5.67. The predicted octanol–water partition coefficient (Wildman–Crippen LogP) is 5.81. The molecule has 0 saturated heterocycles. The van der Waals surface area contributed by atoms with E-state index in [1.807, 2.05) is 48.7 Å². The number of hydrogen-bond acceptors (Lipinski definition) is 4. The Balaban J connectivity index is 1.48. The molecule has 0 bridgehead atoms. The second-order valence-electron chi connectivity index (χ2n) is 6.45. The van der Waals surface area contributed by atoms with E-state index in [2.05, 4.69) is 10.3 Å². The Hall–Kier alpha value is -2.08. The van der Waals surface area contributed by atoms with E-state index in [-0.39, 0.29) is 12.3 Å². The van der Waals surface area contributed by atoms with Crippen LogP contribution >= 0.6 is 34.5 Å². The fourth-order valence-corrected chi connectivity index (χ4v) is 4.05. The number of halogens is 2. The highest BCUT2D eigenvalue weighted by atomic mass is 35.5. The largest absolute Gasteiger partial charge is 0.493 e. The van der Waals surface area contributed by atoms with Gasteiger partial charge in [0.25, 0.3) is 0 Å². The van der Waals surface area contributed by atoms with Gasteiger partial charge in [0.2, 0.25) is 5.91 Å². The van der Waals surface area contributed by atoms with Crippen LogP contribution in [-0.2, 0) is 17.6 Å². The molecule has 0 saturated carbocycles. The number of nitrogens with one attached hydrogen (secondary N) is 1. The number of nitrogens with zero attached hydrogens (tertiary/aromatic N) is 1. The number of para-hydroxylation sites is 1. The van der Waals surface area contributed by atoms with E-state index >= 15 is 0 Å². The lowest BCUT2D eigenvalue weighted by Crippen LogP contribution is -2.26. The van der Waals surface area contributed by atoms with Crippen LogP contribution in [0.3, 0.4) is 0 Å². The summed E-state index contributed by atoms with van der Waals surface area (Å²) in [5.74, 6) is 0.775. The molecule has 3 aromatic rings. The Kier molecular flexibility index (Phi) is 7.92. The Labute approximate surface area is 184 Å². The third kappa shape index (κ3) is 6.20. The first-order chi connectivity index (χ1) is 14.1. The second-order valence-corrected chi connectivity index (χ2v) is 8.12. The van der Waals surface area contributed by atoms with Gasteiger partial charge in [0.1, 0.15) is 10.8 Å². The average molecular weight is 449 g/mol. The van der Waals surface area contributed by atoms with Crippen LogP contribution in [0.4, 0.5) is 0 Å². The van der Waals surface area contributed by atoms with Crippen LogP contribution in [-0.4, -0.2) is 24.0 Å². The molecule has 0 radical (unpaired) electrons. The maximum atomic E-state index is 12.2. The summed E-state index contributed by atoms with van der Waals surface area (Å²) in [6, 6.07) is 13.4. The number of thiazole rings is 1. The van der Waals surface area contributed by atoms with Crippen molar-refractivity contribution >= 4 is 40.4 Å². The van der Waals surface area contributed by atoms with Crippen molar-refractivity contribution in [2.24, 2.45) is 0 Å². The van der Waals surface area contributed by atoms with Crippen molar-refractivity contribution in [3.8, 4) is 16.3 Å². The highest BCUT2D eigenvalue weighted by Crippen LogP contribution is 2.32. The molecule has 29 heavy (non-hydrogen) atoms. The van der Waals surface area contributed by atoms with Crippen molar-refractivity contribution in [2.75, 3.05) is 13.2 Å². The minimum absolute atomic E-state index is 0.0333. The molecular weight excluding hydrogens is 427 g/mol. The maximum Gasteiger partial charge on any atom is 0.226 e. The molecule has 0 aliphatic rings. The summed E-state index contributed by atoms with van der Waals surface area (Å²) in [6.07, 6.45) is 1.92. The lowest BCUT2D eigenvalue weighted by Gasteiger charge is -2.07. The molecule has 2 aromatic carbocycles. The molecule has 0 aliphatic heterocycles. The quantitative estimate of drug-likeness (QED) is 0.420. The fourth-order valence-electron chi connectivity index (χ4n) is 2.88. The second kappa shape index (κ2) is 10.6. The third-order valence-corrected chi connectivity index (χ3v) is 5.92. The molecule has 1 aromatic heterocycles. The summed E-state index contributed by atoms with van der Waals surface area (Å²) in [5.41, 5.74) is 2.82. The Morgan fingerprint density at radius 1 is 1.17 bits per heavy atom. The van der Waals surface area contributed by atoms with Gasteiger partial charge in [-0.15, -0.1) is 11.3 Å². The number of benzene rings is 2. The van der Waals surface area contributed by atoms with Crippen molar-refractivity contribution in [1.82, 2.24) is 10.3 Å². The first-order valence-corrected chi connectivity index (χ1v) is 11.1. The molecule has 0 aliphatic carbocycles. The van der Waals surface area contributed by atoms with Crippen molar-refractivity contribution in [3.63, 3.8) is 0 Å². The molecule has 152 valence electrons. The van der Waals surface area contributed by atoms with Gasteiger partial charge in [0.05, 0.1) is 34.3 Å². The van der Waals surface area contributed by atoms with E-state index in [1.54, 1.807) is 6.07 Å². The highest BCUT2D eigenvalue weighted by Gasteiger charge is 2.12. The highest BCUT2D eigenvalue weighted by molar-refractivity contribution is 7.13. The van der Waals surface area contributed by atoms with Gasteiger partial charge in [-0.3, -0.25) is 4.79 Å². The van der Waals surface area contributed by atoms with Gasteiger partial charge in [-0.05, 0) is 49.6 Å². The summed E-state index contributed by atoms with van der Waals surface area (Å²) in [5, 5.41) is 6.84. The number of amides is 1. The molecule has 1 heterocycles. The number of aromatic nitrogens is 1. The van der Waals surface area contributed by atoms with E-state index in [0.29, 0.717) is 23.2 Å². The Morgan fingerprint density at radius 3 is 2.79 bits per heavy atom. The number of aryl methyl sites for hydroxylation is 1. The molecule has 0 spiro atoms. The van der Waals surface area contributed by atoms with Crippen LogP contribution in [0, 0.1) is 0 Å². The lowest BCUT2D eigenvalue weighted by atomic mass is 10.1. The van der Waals surface area contributed by atoms with Crippen LogP contribution in [0.5, 0.6) is 5.75 Å². The molecule has 3 rings (SSSR count). The van der Waals surface area contributed by atoms with Crippen LogP contribution in [0.25, 0.3) is 10.6 Å². The van der Waals surface area contributed by atoms with Gasteiger partial charge in [0.15, 0.2) is 0 Å². The topological polar surface area (TPSA) is 51.2 Å². The summed E-state index contributed by atoms with van der Waals surface area (Å²) >= 11 is 13.5. The Morgan fingerprint density at radius 2 is 2.00 bits per heavy atom. The van der Waals surface area contributed by atoms with Gasteiger partial charge in [-0.2, -0.15) is 0 Å². The average Bonchev–Trinajstić information content (AvgIpc) is 3.17. The van der Waals surface area contributed by atoms with Crippen LogP contribution < -0.4 is 10.1 Å². The smallest absolute Gasteiger partial charge is 0.226 e. The zero-order valence-corrected chi connectivity index (χ0v) is 18.4. The summed E-state index contributed by atoms with van der Waals surface area (Å²) in [7, 11) is 0. The molecule has 7 heteroatoms. The zero-order valence-electron chi connectivity index (χ0n) is 16.1. The van der Waals surface area contributed by atoms with Crippen LogP contribution in [0.1, 0.15) is 24.6 Å². The van der Waals surface area contributed by atoms with Crippen LogP contribution in [0.15, 0.2) is 47.8 Å². The molecule has 4 nitrogen and oxygen atoms in total. The minimum atomic E-state index is -0.0333. The van der Waals surface area contributed by atoms with Crippen molar-refractivity contribution in [3.05, 3.63) is 69.1 Å². The van der Waals surface area contributed by atoms with Crippen molar-refractivity contribution in [1.29, 1.82) is 0 Å². The summed E-state index contributed by atoms with van der Waals surface area (Å²) in [6.45, 7) is 3.15. The van der Waals surface area contributed by atoms with E-state index < -0.39 is 0 Å². The maximum absolute atomic E-state index is 12.2. The van der Waals surface area contributed by atoms with Crippen molar-refractivity contribution < 1.29 is 9.53 Å². The van der Waals surface area contributed by atoms with Crippen LogP contribution in [0.2, 0.25) is 10.0 Å². The summed E-state index contributed by atoms with van der Waals surface area (Å²) in [4.78, 5) is 16.8. The van der Waals surface area contributed by atoms with Gasteiger partial charge < -0.3 is 10.1 Å². The normalized spacial score (nSPS) is 10.7. The number of rotatable bonds is 9.